The van der Waals surface area contributed by atoms with Crippen molar-refractivity contribution < 1.29 is 23.8 Å². The van der Waals surface area contributed by atoms with Gasteiger partial charge in [-0.3, -0.25) is 9.59 Å². The number of ether oxygens (including phenoxy) is 1. The third-order valence-corrected chi connectivity index (χ3v) is 6.01. The maximum Gasteiger partial charge on any atom is 0.336 e. The Morgan fingerprint density at radius 2 is 1.97 bits per heavy atom. The van der Waals surface area contributed by atoms with E-state index in [1.54, 1.807) is 13.0 Å². The molecule has 7 heteroatoms. The van der Waals surface area contributed by atoms with Crippen LogP contribution < -0.4 is 15.7 Å². The van der Waals surface area contributed by atoms with Crippen LogP contribution in [0.15, 0.2) is 27.4 Å². The molecule has 0 radical (unpaired) electrons. The van der Waals surface area contributed by atoms with E-state index in [4.69, 9.17) is 14.3 Å². The van der Waals surface area contributed by atoms with Crippen LogP contribution in [-0.4, -0.2) is 29.6 Å². The summed E-state index contributed by atoms with van der Waals surface area (Å²) >= 11 is 0. The zero-order valence-corrected chi connectivity index (χ0v) is 17.7. The standard InChI is InChI=1S/C23H29NO6/c1-4-16-11-20(25)30-21-13(2)19(10-9-18(16)21)29-14(3)22(26)24-12-15-5-7-17(8-6-15)23(27)28/h9-11,14-15,17H,4-8,12H2,1-3H3,(H,24,26)(H,27,28)/t14-,15?,17?/m0/s1. The lowest BCUT2D eigenvalue weighted by Crippen LogP contribution is -2.39. The van der Waals surface area contributed by atoms with Crippen LogP contribution in [0.5, 0.6) is 5.75 Å². The normalized spacial score (nSPS) is 20.0. The van der Waals surface area contributed by atoms with Crippen LogP contribution in [0.1, 0.15) is 50.7 Å². The molecular formula is C23H29NO6. The van der Waals surface area contributed by atoms with E-state index in [0.29, 0.717) is 42.2 Å². The number of carboxylic acids is 1. The number of aryl methyl sites for hydroxylation is 2. The first-order chi connectivity index (χ1) is 14.3. The lowest BCUT2D eigenvalue weighted by molar-refractivity contribution is -0.143. The Labute approximate surface area is 175 Å². The first kappa shape index (κ1) is 21.9. The molecule has 2 aromatic rings. The van der Waals surface area contributed by atoms with Crippen LogP contribution in [0.25, 0.3) is 11.0 Å². The van der Waals surface area contributed by atoms with E-state index >= 15 is 0 Å². The highest BCUT2D eigenvalue weighted by molar-refractivity contribution is 5.85. The molecule has 30 heavy (non-hydrogen) atoms. The van der Waals surface area contributed by atoms with Crippen molar-refractivity contribution in [3.8, 4) is 5.75 Å². The van der Waals surface area contributed by atoms with Crippen molar-refractivity contribution in [3.63, 3.8) is 0 Å². The minimum Gasteiger partial charge on any atom is -0.481 e. The van der Waals surface area contributed by atoms with Gasteiger partial charge in [-0.1, -0.05) is 6.92 Å². The molecule has 0 saturated heterocycles. The fraction of sp³-hybridized carbons (Fsp3) is 0.522. The van der Waals surface area contributed by atoms with E-state index in [9.17, 15) is 14.4 Å². The van der Waals surface area contributed by atoms with Crippen LogP contribution in [-0.2, 0) is 16.0 Å². The summed E-state index contributed by atoms with van der Waals surface area (Å²) in [4.78, 5) is 35.4. The SMILES string of the molecule is CCc1cc(=O)oc2c(C)c(O[C@@H](C)C(=O)NCC3CCC(C(=O)O)CC3)ccc12. The van der Waals surface area contributed by atoms with E-state index in [1.165, 1.54) is 6.07 Å². The lowest BCUT2D eigenvalue weighted by Gasteiger charge is -2.26. The first-order valence-corrected chi connectivity index (χ1v) is 10.5. The quantitative estimate of drug-likeness (QED) is 0.671. The Bertz CT molecular complexity index is 987. The molecule has 1 aromatic heterocycles. The number of hydrogen-bond acceptors (Lipinski definition) is 5. The maximum atomic E-state index is 12.5. The summed E-state index contributed by atoms with van der Waals surface area (Å²) in [6.45, 7) is 5.99. The third-order valence-electron chi connectivity index (χ3n) is 6.01. The van der Waals surface area contributed by atoms with Crippen molar-refractivity contribution in [1.29, 1.82) is 0 Å². The predicted molar refractivity (Wildman–Crippen MR) is 113 cm³/mol. The summed E-state index contributed by atoms with van der Waals surface area (Å²) in [6, 6.07) is 5.15. The Morgan fingerprint density at radius 3 is 2.60 bits per heavy atom. The lowest BCUT2D eigenvalue weighted by atomic mass is 9.82. The molecular weight excluding hydrogens is 386 g/mol. The van der Waals surface area contributed by atoms with Crippen molar-refractivity contribution in [2.75, 3.05) is 6.54 Å². The molecule has 1 atom stereocenters. The van der Waals surface area contributed by atoms with Crippen molar-refractivity contribution in [3.05, 3.63) is 39.7 Å². The molecule has 162 valence electrons. The number of nitrogens with one attached hydrogen (secondary N) is 1. The number of carboxylic acid groups (broad SMARTS) is 1. The maximum absolute atomic E-state index is 12.5. The van der Waals surface area contributed by atoms with Gasteiger partial charge in [-0.05, 0) is 69.6 Å². The average Bonchev–Trinajstić information content (AvgIpc) is 2.73. The van der Waals surface area contributed by atoms with Crippen LogP contribution in [0.4, 0.5) is 0 Å². The summed E-state index contributed by atoms with van der Waals surface area (Å²) in [5.41, 5.74) is 1.69. The summed E-state index contributed by atoms with van der Waals surface area (Å²) in [5, 5.41) is 12.9. The van der Waals surface area contributed by atoms with E-state index in [1.807, 2.05) is 19.9 Å². The van der Waals surface area contributed by atoms with Gasteiger partial charge in [0.15, 0.2) is 6.10 Å². The number of carbonyl (C=O) groups excluding carboxylic acids is 1. The zero-order chi connectivity index (χ0) is 21.8. The van der Waals surface area contributed by atoms with Crippen LogP contribution in [0, 0.1) is 18.8 Å². The number of benzene rings is 1. The Kier molecular flexibility index (Phi) is 6.80. The van der Waals surface area contributed by atoms with Crippen molar-refractivity contribution in [2.24, 2.45) is 11.8 Å². The molecule has 1 aliphatic rings. The molecule has 1 saturated carbocycles. The van der Waals surface area contributed by atoms with Gasteiger partial charge in [-0.2, -0.15) is 0 Å². The van der Waals surface area contributed by atoms with Crippen LogP contribution in [0.2, 0.25) is 0 Å². The minimum absolute atomic E-state index is 0.224. The fourth-order valence-corrected chi connectivity index (χ4v) is 4.07. The highest BCUT2D eigenvalue weighted by atomic mass is 16.5. The van der Waals surface area contributed by atoms with Gasteiger partial charge in [0.1, 0.15) is 11.3 Å². The molecule has 1 fully saturated rings. The van der Waals surface area contributed by atoms with Crippen molar-refractivity contribution in [1.82, 2.24) is 5.32 Å². The van der Waals surface area contributed by atoms with Gasteiger partial charge in [-0.15, -0.1) is 0 Å². The zero-order valence-electron chi connectivity index (χ0n) is 17.7. The van der Waals surface area contributed by atoms with E-state index in [0.717, 1.165) is 30.2 Å². The molecule has 3 rings (SSSR count). The molecule has 1 amide bonds. The number of hydrogen-bond donors (Lipinski definition) is 2. The smallest absolute Gasteiger partial charge is 0.336 e. The van der Waals surface area contributed by atoms with Gasteiger partial charge < -0.3 is 19.6 Å². The van der Waals surface area contributed by atoms with Gasteiger partial charge in [0.25, 0.3) is 5.91 Å². The number of rotatable bonds is 7. The van der Waals surface area contributed by atoms with Crippen molar-refractivity contribution in [2.45, 2.75) is 59.0 Å². The number of carbonyl (C=O) groups is 2. The van der Waals surface area contributed by atoms with Gasteiger partial charge in [0, 0.05) is 23.6 Å². The van der Waals surface area contributed by atoms with Crippen LogP contribution >= 0.6 is 0 Å². The van der Waals surface area contributed by atoms with Gasteiger partial charge >= 0.3 is 11.6 Å². The Morgan fingerprint density at radius 1 is 1.27 bits per heavy atom. The minimum atomic E-state index is -0.729. The third kappa shape index (κ3) is 4.83. The monoisotopic (exact) mass is 415 g/mol. The first-order valence-electron chi connectivity index (χ1n) is 10.5. The predicted octanol–water partition coefficient (Wildman–Crippen LogP) is 3.44. The highest BCUT2D eigenvalue weighted by Gasteiger charge is 2.26. The fourth-order valence-electron chi connectivity index (χ4n) is 4.07. The Balaban J connectivity index is 1.61. The molecule has 0 bridgehead atoms. The van der Waals surface area contributed by atoms with Crippen LogP contribution in [0.3, 0.4) is 0 Å². The van der Waals surface area contributed by atoms with Gasteiger partial charge in [0.05, 0.1) is 5.92 Å². The molecule has 0 unspecified atom stereocenters. The highest BCUT2D eigenvalue weighted by Crippen LogP contribution is 2.30. The van der Waals surface area contributed by atoms with Gasteiger partial charge in [-0.25, -0.2) is 4.79 Å². The number of aliphatic carboxylic acids is 1. The second-order valence-electron chi connectivity index (χ2n) is 8.07. The molecule has 7 nitrogen and oxygen atoms in total. The molecule has 0 aliphatic heterocycles. The number of amides is 1. The molecule has 0 spiro atoms. The topological polar surface area (TPSA) is 106 Å². The van der Waals surface area contributed by atoms with E-state index in [2.05, 4.69) is 5.32 Å². The second kappa shape index (κ2) is 9.32. The van der Waals surface area contributed by atoms with E-state index < -0.39 is 17.7 Å². The Hall–Kier alpha value is -2.83. The number of fused-ring (bicyclic) bond motifs is 1. The average molecular weight is 415 g/mol. The largest absolute Gasteiger partial charge is 0.481 e. The summed E-state index contributed by atoms with van der Waals surface area (Å²) in [7, 11) is 0. The summed E-state index contributed by atoms with van der Waals surface area (Å²) in [6.07, 6.45) is 2.92. The molecule has 2 N–H and O–H groups in total. The van der Waals surface area contributed by atoms with E-state index in [-0.39, 0.29) is 11.8 Å². The molecule has 1 aromatic carbocycles. The van der Waals surface area contributed by atoms with Crippen molar-refractivity contribution >= 4 is 22.8 Å². The second-order valence-corrected chi connectivity index (χ2v) is 8.07. The molecule has 1 aliphatic carbocycles. The van der Waals surface area contributed by atoms with Gasteiger partial charge in [0.2, 0.25) is 0 Å². The summed E-state index contributed by atoms with van der Waals surface area (Å²) in [5.74, 6) is -0.418. The summed E-state index contributed by atoms with van der Waals surface area (Å²) < 4.78 is 11.3. The molecule has 1 heterocycles.